The van der Waals surface area contributed by atoms with E-state index in [9.17, 15) is 9.90 Å². The van der Waals surface area contributed by atoms with Gasteiger partial charge in [0.25, 0.3) is 0 Å². The SMILES string of the molecule is Cl.O=C(OCc1ccccc1)N1CCNCC1CO. The van der Waals surface area contributed by atoms with Crippen molar-refractivity contribution in [3.63, 3.8) is 0 Å². The zero-order chi connectivity index (χ0) is 12.8. The van der Waals surface area contributed by atoms with Gasteiger partial charge >= 0.3 is 6.09 Å². The number of aliphatic hydroxyl groups excluding tert-OH is 1. The second-order valence-electron chi connectivity index (χ2n) is 4.27. The lowest BCUT2D eigenvalue weighted by Crippen LogP contribution is -2.55. The molecule has 1 atom stereocenters. The van der Waals surface area contributed by atoms with E-state index >= 15 is 0 Å². The molecule has 1 fully saturated rings. The number of carbonyl (C=O) groups excluding carboxylic acids is 1. The van der Waals surface area contributed by atoms with Gasteiger partial charge in [-0.1, -0.05) is 30.3 Å². The molecule has 2 rings (SSSR count). The molecule has 19 heavy (non-hydrogen) atoms. The molecule has 1 aliphatic rings. The standard InChI is InChI=1S/C13H18N2O3.ClH/c16-9-12-8-14-6-7-15(12)13(17)18-10-11-4-2-1-3-5-11;/h1-5,12,14,16H,6-10H2;1H. The number of hydrogen-bond acceptors (Lipinski definition) is 4. The summed E-state index contributed by atoms with van der Waals surface area (Å²) < 4.78 is 5.25. The maximum absolute atomic E-state index is 11.9. The molecule has 0 bridgehead atoms. The van der Waals surface area contributed by atoms with Crippen molar-refractivity contribution in [3.05, 3.63) is 35.9 Å². The Morgan fingerprint density at radius 3 is 2.84 bits per heavy atom. The summed E-state index contributed by atoms with van der Waals surface area (Å²) in [6.45, 7) is 2.13. The van der Waals surface area contributed by atoms with E-state index in [1.807, 2.05) is 30.3 Å². The zero-order valence-corrected chi connectivity index (χ0v) is 11.4. The fraction of sp³-hybridized carbons (Fsp3) is 0.462. The Balaban J connectivity index is 0.00000180. The fourth-order valence-electron chi connectivity index (χ4n) is 1.97. The summed E-state index contributed by atoms with van der Waals surface area (Å²) in [7, 11) is 0. The van der Waals surface area contributed by atoms with Gasteiger partial charge < -0.3 is 20.1 Å². The molecule has 6 heteroatoms. The van der Waals surface area contributed by atoms with Crippen molar-refractivity contribution in [1.29, 1.82) is 0 Å². The van der Waals surface area contributed by atoms with Gasteiger partial charge in [0.2, 0.25) is 0 Å². The van der Waals surface area contributed by atoms with Crippen LogP contribution < -0.4 is 5.32 Å². The van der Waals surface area contributed by atoms with Crippen LogP contribution in [0.3, 0.4) is 0 Å². The van der Waals surface area contributed by atoms with Crippen LogP contribution in [0, 0.1) is 0 Å². The minimum absolute atomic E-state index is 0. The Hall–Kier alpha value is -1.30. The summed E-state index contributed by atoms with van der Waals surface area (Å²) in [5, 5.41) is 12.3. The van der Waals surface area contributed by atoms with Gasteiger partial charge in [-0.3, -0.25) is 0 Å². The molecule has 1 amide bonds. The number of nitrogens with zero attached hydrogens (tertiary/aromatic N) is 1. The van der Waals surface area contributed by atoms with Gasteiger partial charge in [-0.15, -0.1) is 12.4 Å². The van der Waals surface area contributed by atoms with Crippen LogP contribution in [0.15, 0.2) is 30.3 Å². The highest BCUT2D eigenvalue weighted by Crippen LogP contribution is 2.08. The quantitative estimate of drug-likeness (QED) is 0.871. The first-order valence-corrected chi connectivity index (χ1v) is 6.10. The zero-order valence-electron chi connectivity index (χ0n) is 10.6. The number of aliphatic hydroxyl groups is 1. The van der Waals surface area contributed by atoms with E-state index in [1.54, 1.807) is 4.90 Å². The van der Waals surface area contributed by atoms with E-state index in [2.05, 4.69) is 5.32 Å². The predicted molar refractivity (Wildman–Crippen MR) is 74.3 cm³/mol. The summed E-state index contributed by atoms with van der Waals surface area (Å²) in [5.41, 5.74) is 0.960. The lowest BCUT2D eigenvalue weighted by atomic mass is 10.2. The Labute approximate surface area is 119 Å². The Morgan fingerprint density at radius 1 is 1.42 bits per heavy atom. The smallest absolute Gasteiger partial charge is 0.410 e. The summed E-state index contributed by atoms with van der Waals surface area (Å²) >= 11 is 0. The number of rotatable bonds is 3. The third-order valence-corrected chi connectivity index (χ3v) is 3.00. The molecule has 1 aliphatic heterocycles. The van der Waals surface area contributed by atoms with Crippen LogP contribution in [0.4, 0.5) is 4.79 Å². The highest BCUT2D eigenvalue weighted by molar-refractivity contribution is 5.85. The second-order valence-corrected chi connectivity index (χ2v) is 4.27. The molecule has 1 aromatic rings. The van der Waals surface area contributed by atoms with Crippen molar-refractivity contribution < 1.29 is 14.6 Å². The van der Waals surface area contributed by atoms with E-state index in [-0.39, 0.29) is 37.8 Å². The van der Waals surface area contributed by atoms with Crippen molar-refractivity contribution in [2.24, 2.45) is 0 Å². The first-order valence-electron chi connectivity index (χ1n) is 6.10. The van der Waals surface area contributed by atoms with Gasteiger partial charge in [0.1, 0.15) is 6.61 Å². The van der Waals surface area contributed by atoms with E-state index in [0.29, 0.717) is 13.1 Å². The number of piperazine rings is 1. The maximum atomic E-state index is 11.9. The van der Waals surface area contributed by atoms with Gasteiger partial charge in [-0.25, -0.2) is 4.79 Å². The first-order chi connectivity index (χ1) is 8.81. The van der Waals surface area contributed by atoms with Crippen LogP contribution in [0.1, 0.15) is 5.56 Å². The number of ether oxygens (including phenoxy) is 1. The molecule has 2 N–H and O–H groups in total. The highest BCUT2D eigenvalue weighted by atomic mass is 35.5. The van der Waals surface area contributed by atoms with Gasteiger partial charge in [0.05, 0.1) is 12.6 Å². The minimum Gasteiger partial charge on any atom is -0.445 e. The highest BCUT2D eigenvalue weighted by Gasteiger charge is 2.26. The van der Waals surface area contributed by atoms with Crippen LogP contribution in [0.2, 0.25) is 0 Å². The molecule has 5 nitrogen and oxygen atoms in total. The van der Waals surface area contributed by atoms with Crippen LogP contribution in [-0.4, -0.2) is 48.4 Å². The predicted octanol–water partition coefficient (Wildman–Crippen LogP) is 1.01. The Kier molecular flexibility index (Phi) is 6.62. The van der Waals surface area contributed by atoms with E-state index in [1.165, 1.54) is 0 Å². The molecule has 1 aromatic carbocycles. The third-order valence-electron chi connectivity index (χ3n) is 3.00. The number of hydrogen-bond donors (Lipinski definition) is 2. The molecule has 1 unspecified atom stereocenters. The van der Waals surface area contributed by atoms with Crippen LogP contribution >= 0.6 is 12.4 Å². The van der Waals surface area contributed by atoms with Gasteiger partial charge in [-0.2, -0.15) is 0 Å². The summed E-state index contributed by atoms with van der Waals surface area (Å²) in [5.74, 6) is 0. The average molecular weight is 287 g/mol. The molecular formula is C13H19ClN2O3. The Bertz CT molecular complexity index is 389. The molecule has 106 valence electrons. The van der Waals surface area contributed by atoms with E-state index in [4.69, 9.17) is 4.74 Å². The number of benzene rings is 1. The minimum atomic E-state index is -0.362. The van der Waals surface area contributed by atoms with Crippen molar-refractivity contribution in [3.8, 4) is 0 Å². The van der Waals surface area contributed by atoms with Crippen molar-refractivity contribution >= 4 is 18.5 Å². The lowest BCUT2D eigenvalue weighted by molar-refractivity contribution is 0.0551. The van der Waals surface area contributed by atoms with Crippen molar-refractivity contribution in [1.82, 2.24) is 10.2 Å². The van der Waals surface area contributed by atoms with E-state index in [0.717, 1.165) is 12.1 Å². The van der Waals surface area contributed by atoms with Crippen LogP contribution in [0.5, 0.6) is 0 Å². The normalized spacial score (nSPS) is 18.6. The number of halogens is 1. The molecular weight excluding hydrogens is 268 g/mol. The summed E-state index contributed by atoms with van der Waals surface area (Å²) in [6.07, 6.45) is -0.362. The Morgan fingerprint density at radius 2 is 2.16 bits per heavy atom. The monoisotopic (exact) mass is 286 g/mol. The van der Waals surface area contributed by atoms with Crippen LogP contribution in [0.25, 0.3) is 0 Å². The van der Waals surface area contributed by atoms with Crippen molar-refractivity contribution in [2.45, 2.75) is 12.6 Å². The molecule has 0 spiro atoms. The van der Waals surface area contributed by atoms with E-state index < -0.39 is 0 Å². The topological polar surface area (TPSA) is 61.8 Å². The molecule has 0 aromatic heterocycles. The number of nitrogens with one attached hydrogen (secondary N) is 1. The van der Waals surface area contributed by atoms with Gasteiger partial charge in [0.15, 0.2) is 0 Å². The fourth-order valence-corrected chi connectivity index (χ4v) is 1.97. The van der Waals surface area contributed by atoms with Gasteiger partial charge in [-0.05, 0) is 5.56 Å². The third kappa shape index (κ3) is 4.38. The average Bonchev–Trinajstić information content (AvgIpc) is 2.45. The molecule has 0 saturated carbocycles. The summed E-state index contributed by atoms with van der Waals surface area (Å²) in [6, 6.07) is 9.36. The maximum Gasteiger partial charge on any atom is 0.410 e. The van der Waals surface area contributed by atoms with Gasteiger partial charge in [0, 0.05) is 19.6 Å². The molecule has 1 heterocycles. The first kappa shape index (κ1) is 15.8. The lowest BCUT2D eigenvalue weighted by Gasteiger charge is -2.34. The molecule has 0 aliphatic carbocycles. The van der Waals surface area contributed by atoms with Crippen LogP contribution in [-0.2, 0) is 11.3 Å². The number of amides is 1. The van der Waals surface area contributed by atoms with Crippen molar-refractivity contribution in [2.75, 3.05) is 26.2 Å². The second kappa shape index (κ2) is 7.99. The summed E-state index contributed by atoms with van der Waals surface area (Å²) in [4.78, 5) is 13.5. The number of carbonyl (C=O) groups is 1. The molecule has 1 saturated heterocycles. The molecule has 0 radical (unpaired) electrons. The largest absolute Gasteiger partial charge is 0.445 e.